The normalized spacial score (nSPS) is 10.2. The highest BCUT2D eigenvalue weighted by Crippen LogP contribution is 2.23. The molecule has 2 aromatic rings. The van der Waals surface area contributed by atoms with Crippen molar-refractivity contribution < 1.29 is 4.74 Å². The van der Waals surface area contributed by atoms with Gasteiger partial charge in [-0.3, -0.25) is 4.79 Å². The van der Waals surface area contributed by atoms with Crippen LogP contribution < -0.4 is 16.0 Å². The summed E-state index contributed by atoms with van der Waals surface area (Å²) in [4.78, 5) is 15.8. The van der Waals surface area contributed by atoms with Gasteiger partial charge in [0.05, 0.1) is 5.69 Å². The highest BCUT2D eigenvalue weighted by atomic mass is 16.5. The van der Waals surface area contributed by atoms with Crippen molar-refractivity contribution in [2.24, 2.45) is 0 Å². The molecule has 5 heteroatoms. The van der Waals surface area contributed by atoms with Crippen LogP contribution >= 0.6 is 0 Å². The first kappa shape index (κ1) is 11.2. The summed E-state index contributed by atoms with van der Waals surface area (Å²) < 4.78 is 6.93. The van der Waals surface area contributed by atoms with Gasteiger partial charge < -0.3 is 15.0 Å². The number of hydrogen-bond donors (Lipinski definition) is 1. The average molecular weight is 231 g/mol. The molecule has 5 nitrogen and oxygen atoms in total. The predicted octanol–water partition coefficient (Wildman–Crippen LogP) is 1.64. The Bertz CT molecular complexity index is 578. The maximum Gasteiger partial charge on any atom is 0.313 e. The third-order valence-electron chi connectivity index (χ3n) is 2.35. The summed E-state index contributed by atoms with van der Waals surface area (Å²) in [6.45, 7) is 2.45. The summed E-state index contributed by atoms with van der Waals surface area (Å²) in [6.07, 6.45) is 3.14. The second-order valence-electron chi connectivity index (χ2n) is 3.46. The van der Waals surface area contributed by atoms with Crippen molar-refractivity contribution in [2.75, 3.05) is 5.73 Å². The standard InChI is InChI=1S/C12H13N3O2/c1-2-15-8-7-14-11(12(15)16)17-10-6-4-3-5-9(10)13/h3-8H,2,13H2,1H3. The van der Waals surface area contributed by atoms with E-state index in [1.54, 1.807) is 30.5 Å². The molecule has 0 amide bonds. The number of nitrogens with two attached hydrogens (primary N) is 1. The van der Waals surface area contributed by atoms with Crippen LogP contribution in [0.1, 0.15) is 6.92 Å². The first-order valence-corrected chi connectivity index (χ1v) is 5.30. The number of benzene rings is 1. The van der Waals surface area contributed by atoms with E-state index in [1.807, 2.05) is 6.92 Å². The number of hydrogen-bond acceptors (Lipinski definition) is 4. The van der Waals surface area contributed by atoms with Crippen LogP contribution in [0.5, 0.6) is 11.6 Å². The second kappa shape index (κ2) is 4.69. The van der Waals surface area contributed by atoms with Gasteiger partial charge in [-0.15, -0.1) is 0 Å². The Kier molecular flexibility index (Phi) is 3.09. The number of para-hydroxylation sites is 2. The van der Waals surface area contributed by atoms with E-state index in [1.165, 1.54) is 10.8 Å². The molecule has 0 spiro atoms. The molecule has 17 heavy (non-hydrogen) atoms. The molecule has 0 aliphatic carbocycles. The van der Waals surface area contributed by atoms with Crippen LogP contribution in [0.2, 0.25) is 0 Å². The average Bonchev–Trinajstić information content (AvgIpc) is 2.34. The molecular formula is C12H13N3O2. The number of anilines is 1. The molecule has 88 valence electrons. The van der Waals surface area contributed by atoms with Gasteiger partial charge in [0.1, 0.15) is 0 Å². The molecule has 1 heterocycles. The predicted molar refractivity (Wildman–Crippen MR) is 65.1 cm³/mol. The van der Waals surface area contributed by atoms with Crippen LogP contribution in [-0.2, 0) is 6.54 Å². The molecule has 0 atom stereocenters. The Balaban J connectivity index is 2.37. The number of nitrogen functional groups attached to an aromatic ring is 1. The Morgan fingerprint density at radius 3 is 2.88 bits per heavy atom. The number of aromatic nitrogens is 2. The largest absolute Gasteiger partial charge is 0.432 e. The summed E-state index contributed by atoms with van der Waals surface area (Å²) >= 11 is 0. The van der Waals surface area contributed by atoms with E-state index >= 15 is 0 Å². The Hall–Kier alpha value is -2.30. The Labute approximate surface area is 98.5 Å². The maximum atomic E-state index is 11.9. The first-order valence-electron chi connectivity index (χ1n) is 5.30. The molecule has 2 N–H and O–H groups in total. The lowest BCUT2D eigenvalue weighted by Crippen LogP contribution is -2.20. The smallest absolute Gasteiger partial charge is 0.313 e. The second-order valence-corrected chi connectivity index (χ2v) is 3.46. The monoisotopic (exact) mass is 231 g/mol. The molecule has 1 aromatic heterocycles. The van der Waals surface area contributed by atoms with Crippen LogP contribution in [-0.4, -0.2) is 9.55 Å². The van der Waals surface area contributed by atoms with Crippen molar-refractivity contribution in [1.29, 1.82) is 0 Å². The molecule has 2 rings (SSSR count). The fourth-order valence-electron chi connectivity index (χ4n) is 1.42. The minimum absolute atomic E-state index is 0.0345. The van der Waals surface area contributed by atoms with Crippen molar-refractivity contribution in [3.63, 3.8) is 0 Å². The van der Waals surface area contributed by atoms with Crippen LogP contribution in [0.15, 0.2) is 41.5 Å². The van der Waals surface area contributed by atoms with Gasteiger partial charge in [-0.1, -0.05) is 12.1 Å². The van der Waals surface area contributed by atoms with E-state index in [4.69, 9.17) is 10.5 Å². The Morgan fingerprint density at radius 1 is 1.41 bits per heavy atom. The van der Waals surface area contributed by atoms with Gasteiger partial charge in [-0.25, -0.2) is 4.98 Å². The fraction of sp³-hybridized carbons (Fsp3) is 0.167. The van der Waals surface area contributed by atoms with Crippen molar-refractivity contribution >= 4 is 5.69 Å². The highest BCUT2D eigenvalue weighted by Gasteiger charge is 2.07. The molecule has 0 bridgehead atoms. The van der Waals surface area contributed by atoms with Gasteiger partial charge in [-0.05, 0) is 19.1 Å². The zero-order chi connectivity index (χ0) is 12.3. The van der Waals surface area contributed by atoms with Crippen molar-refractivity contribution in [3.05, 3.63) is 47.0 Å². The molecule has 0 saturated carbocycles. The lowest BCUT2D eigenvalue weighted by molar-refractivity contribution is 0.447. The van der Waals surface area contributed by atoms with E-state index in [2.05, 4.69) is 4.98 Å². The van der Waals surface area contributed by atoms with Crippen molar-refractivity contribution in [1.82, 2.24) is 9.55 Å². The molecule has 0 aliphatic rings. The van der Waals surface area contributed by atoms with Crippen LogP contribution in [0.3, 0.4) is 0 Å². The van der Waals surface area contributed by atoms with E-state index in [-0.39, 0.29) is 11.4 Å². The lowest BCUT2D eigenvalue weighted by atomic mass is 10.3. The zero-order valence-electron chi connectivity index (χ0n) is 9.46. The lowest BCUT2D eigenvalue weighted by Gasteiger charge is -2.07. The van der Waals surface area contributed by atoms with Gasteiger partial charge in [0, 0.05) is 18.9 Å². The molecule has 0 fully saturated rings. The van der Waals surface area contributed by atoms with E-state index in [0.29, 0.717) is 18.0 Å². The van der Waals surface area contributed by atoms with Crippen LogP contribution in [0, 0.1) is 0 Å². The summed E-state index contributed by atoms with van der Waals surface area (Å²) in [5, 5.41) is 0. The van der Waals surface area contributed by atoms with Crippen LogP contribution in [0.4, 0.5) is 5.69 Å². The molecular weight excluding hydrogens is 218 g/mol. The number of ether oxygens (including phenoxy) is 1. The first-order chi connectivity index (χ1) is 8.22. The van der Waals surface area contributed by atoms with E-state index < -0.39 is 0 Å². The maximum absolute atomic E-state index is 11.9. The summed E-state index contributed by atoms with van der Waals surface area (Å²) in [7, 11) is 0. The van der Waals surface area contributed by atoms with E-state index in [9.17, 15) is 4.79 Å². The highest BCUT2D eigenvalue weighted by molar-refractivity contribution is 5.52. The quantitative estimate of drug-likeness (QED) is 0.815. The SMILES string of the molecule is CCn1ccnc(Oc2ccccc2N)c1=O. The molecule has 0 radical (unpaired) electrons. The summed E-state index contributed by atoms with van der Waals surface area (Å²) in [5.41, 5.74) is 5.93. The number of nitrogens with zero attached hydrogens (tertiary/aromatic N) is 2. The van der Waals surface area contributed by atoms with Gasteiger partial charge in [0.15, 0.2) is 5.75 Å². The summed E-state index contributed by atoms with van der Waals surface area (Å²) in [6, 6.07) is 6.98. The Morgan fingerprint density at radius 2 is 2.18 bits per heavy atom. The summed E-state index contributed by atoms with van der Waals surface area (Å²) in [5.74, 6) is 0.471. The van der Waals surface area contributed by atoms with Crippen LogP contribution in [0.25, 0.3) is 0 Å². The molecule has 0 unspecified atom stereocenters. The topological polar surface area (TPSA) is 70.1 Å². The minimum Gasteiger partial charge on any atom is -0.432 e. The molecule has 0 aliphatic heterocycles. The van der Waals surface area contributed by atoms with E-state index in [0.717, 1.165) is 0 Å². The molecule has 0 saturated heterocycles. The third kappa shape index (κ3) is 2.28. The van der Waals surface area contributed by atoms with Gasteiger partial charge >= 0.3 is 5.56 Å². The zero-order valence-corrected chi connectivity index (χ0v) is 9.46. The van der Waals surface area contributed by atoms with Crippen molar-refractivity contribution in [3.8, 4) is 11.6 Å². The minimum atomic E-state index is -0.266. The molecule has 1 aromatic carbocycles. The van der Waals surface area contributed by atoms with Crippen molar-refractivity contribution in [2.45, 2.75) is 13.5 Å². The third-order valence-corrected chi connectivity index (χ3v) is 2.35. The van der Waals surface area contributed by atoms with Gasteiger partial charge in [0.2, 0.25) is 0 Å². The number of rotatable bonds is 3. The van der Waals surface area contributed by atoms with Gasteiger partial charge in [0.25, 0.3) is 5.88 Å². The van der Waals surface area contributed by atoms with Gasteiger partial charge in [-0.2, -0.15) is 0 Å². The fourth-order valence-corrected chi connectivity index (χ4v) is 1.42. The number of aryl methyl sites for hydroxylation is 1.